The molecule has 0 fully saturated rings. The Kier molecular flexibility index (Phi) is 5.66. The molecule has 0 aliphatic carbocycles. The van der Waals surface area contributed by atoms with Crippen LogP contribution in [-0.2, 0) is 11.3 Å². The largest absolute Gasteiger partial charge is 0.395 e. The van der Waals surface area contributed by atoms with Crippen LogP contribution in [0.1, 0.15) is 13.3 Å². The van der Waals surface area contributed by atoms with E-state index in [0.29, 0.717) is 30.8 Å². The molecule has 21 heavy (non-hydrogen) atoms. The monoisotopic (exact) mass is 326 g/mol. The number of H-pyrrole nitrogens is 1. The molecule has 0 saturated carbocycles. The van der Waals surface area contributed by atoms with Gasteiger partial charge in [-0.2, -0.15) is 5.10 Å². The number of carbonyl (C=O) groups excluding carboxylic acids is 1. The van der Waals surface area contributed by atoms with Crippen LogP contribution in [0.25, 0.3) is 10.7 Å². The van der Waals surface area contributed by atoms with E-state index >= 15 is 0 Å². The van der Waals surface area contributed by atoms with Gasteiger partial charge in [0.05, 0.1) is 11.5 Å². The van der Waals surface area contributed by atoms with Crippen molar-refractivity contribution in [3.05, 3.63) is 22.3 Å². The van der Waals surface area contributed by atoms with Crippen LogP contribution in [0.5, 0.6) is 0 Å². The molecular weight excluding hydrogens is 308 g/mol. The van der Waals surface area contributed by atoms with E-state index in [-0.39, 0.29) is 12.5 Å². The number of aliphatic hydroxyl groups is 1. The third-order valence-corrected chi connectivity index (χ3v) is 4.33. The Labute approximate surface area is 132 Å². The Balaban J connectivity index is 2.09. The van der Waals surface area contributed by atoms with Gasteiger partial charge >= 0.3 is 0 Å². The maximum atomic E-state index is 12.1. The van der Waals surface area contributed by atoms with Gasteiger partial charge in [0, 0.05) is 26.1 Å². The van der Waals surface area contributed by atoms with Gasteiger partial charge in [0.25, 0.3) is 0 Å². The summed E-state index contributed by atoms with van der Waals surface area (Å²) in [6.45, 7) is 3.31. The highest BCUT2D eigenvalue weighted by Gasteiger charge is 2.14. The zero-order chi connectivity index (χ0) is 15.2. The number of aromatic nitrogens is 3. The Morgan fingerprint density at radius 2 is 2.43 bits per heavy atom. The predicted octanol–water partition coefficient (Wildman–Crippen LogP) is 1.90. The topological polar surface area (TPSA) is 74.2 Å². The number of carbonyl (C=O) groups is 1. The highest BCUT2D eigenvalue weighted by Crippen LogP contribution is 2.22. The lowest BCUT2D eigenvalue weighted by molar-refractivity contribution is -0.131. The molecule has 0 atom stereocenters. The van der Waals surface area contributed by atoms with Crippen LogP contribution in [0.4, 0.5) is 0 Å². The number of nitrogens with one attached hydrogen (secondary N) is 1. The first-order valence-corrected chi connectivity index (χ1v) is 8.03. The van der Waals surface area contributed by atoms with Gasteiger partial charge < -0.3 is 10.0 Å². The molecule has 0 aliphatic heterocycles. The number of hydrogen-bond acceptors (Lipinski definition) is 5. The van der Waals surface area contributed by atoms with Gasteiger partial charge in [0.2, 0.25) is 5.91 Å². The number of aliphatic hydroxyl groups excluding tert-OH is 1. The van der Waals surface area contributed by atoms with Crippen LogP contribution >= 0.6 is 23.6 Å². The van der Waals surface area contributed by atoms with E-state index in [2.05, 4.69) is 10.2 Å². The minimum absolute atomic E-state index is 0.00628. The Bertz CT molecular complexity index is 633. The molecule has 2 aromatic rings. The molecule has 2 rings (SSSR count). The number of aromatic amines is 1. The molecule has 0 unspecified atom stereocenters. The van der Waals surface area contributed by atoms with E-state index in [0.717, 1.165) is 10.7 Å². The zero-order valence-electron chi connectivity index (χ0n) is 11.8. The summed E-state index contributed by atoms with van der Waals surface area (Å²) in [7, 11) is 0. The molecule has 114 valence electrons. The smallest absolute Gasteiger partial charge is 0.224 e. The van der Waals surface area contributed by atoms with Gasteiger partial charge in [-0.15, -0.1) is 11.3 Å². The van der Waals surface area contributed by atoms with Gasteiger partial charge in [0.15, 0.2) is 10.6 Å². The molecule has 2 heterocycles. The minimum atomic E-state index is -0.0227. The van der Waals surface area contributed by atoms with E-state index < -0.39 is 0 Å². The quantitative estimate of drug-likeness (QED) is 0.762. The molecule has 6 nitrogen and oxygen atoms in total. The van der Waals surface area contributed by atoms with Gasteiger partial charge in [-0.3, -0.25) is 14.5 Å². The van der Waals surface area contributed by atoms with Crippen molar-refractivity contribution in [2.75, 3.05) is 19.7 Å². The molecule has 0 spiro atoms. The van der Waals surface area contributed by atoms with Crippen LogP contribution in [0.3, 0.4) is 0 Å². The van der Waals surface area contributed by atoms with Gasteiger partial charge in [-0.05, 0) is 30.6 Å². The molecule has 1 amide bonds. The molecular formula is C13H18N4O2S2. The fourth-order valence-corrected chi connectivity index (χ4v) is 3.01. The second-order valence-corrected chi connectivity index (χ2v) is 5.76. The van der Waals surface area contributed by atoms with E-state index in [1.165, 1.54) is 0 Å². The summed E-state index contributed by atoms with van der Waals surface area (Å²) in [5, 5.41) is 17.9. The van der Waals surface area contributed by atoms with E-state index in [1.54, 1.807) is 16.2 Å². The van der Waals surface area contributed by atoms with Crippen LogP contribution in [0.15, 0.2) is 17.5 Å². The summed E-state index contributed by atoms with van der Waals surface area (Å²) < 4.78 is 2.35. The maximum Gasteiger partial charge on any atom is 0.224 e. The van der Waals surface area contributed by atoms with E-state index in [4.69, 9.17) is 17.3 Å². The van der Waals surface area contributed by atoms with Crippen LogP contribution in [0.2, 0.25) is 0 Å². The minimum Gasteiger partial charge on any atom is -0.395 e. The Morgan fingerprint density at radius 3 is 3.05 bits per heavy atom. The van der Waals surface area contributed by atoms with Crippen LogP contribution < -0.4 is 0 Å². The van der Waals surface area contributed by atoms with Gasteiger partial charge in [-0.25, -0.2) is 0 Å². The lowest BCUT2D eigenvalue weighted by Crippen LogP contribution is -2.33. The summed E-state index contributed by atoms with van der Waals surface area (Å²) in [5.41, 5.74) is 0. The van der Waals surface area contributed by atoms with Crippen molar-refractivity contribution in [3.63, 3.8) is 0 Å². The van der Waals surface area contributed by atoms with Gasteiger partial charge in [0.1, 0.15) is 0 Å². The summed E-state index contributed by atoms with van der Waals surface area (Å²) in [6, 6.07) is 3.92. The lowest BCUT2D eigenvalue weighted by atomic mass is 10.3. The van der Waals surface area contributed by atoms with Crippen molar-refractivity contribution in [1.29, 1.82) is 0 Å². The first-order chi connectivity index (χ1) is 10.2. The second-order valence-electron chi connectivity index (χ2n) is 4.43. The number of thiophene rings is 1. The summed E-state index contributed by atoms with van der Waals surface area (Å²) in [5.74, 6) is 0.764. The standard InChI is InChI=1S/C13H18N4O2S2/c1-2-16(7-8-18)11(19)5-6-17-12(14-15-13(17)20)10-4-3-9-21-10/h3-4,9,18H,2,5-8H2,1H3,(H,15,20). The first kappa shape index (κ1) is 15.9. The second kappa shape index (κ2) is 7.48. The molecule has 8 heteroatoms. The number of nitrogens with zero attached hydrogens (tertiary/aromatic N) is 3. The average molecular weight is 326 g/mol. The molecule has 0 saturated heterocycles. The van der Waals surface area contributed by atoms with Crippen LogP contribution in [-0.4, -0.2) is 50.4 Å². The zero-order valence-corrected chi connectivity index (χ0v) is 13.4. The third-order valence-electron chi connectivity index (χ3n) is 3.15. The number of amides is 1. The number of hydrogen-bond donors (Lipinski definition) is 2. The maximum absolute atomic E-state index is 12.1. The fraction of sp³-hybridized carbons (Fsp3) is 0.462. The van der Waals surface area contributed by atoms with Crippen molar-refractivity contribution < 1.29 is 9.90 Å². The van der Waals surface area contributed by atoms with Crippen molar-refractivity contribution in [2.24, 2.45) is 0 Å². The van der Waals surface area contributed by atoms with Crippen molar-refractivity contribution in [3.8, 4) is 10.7 Å². The van der Waals surface area contributed by atoms with E-state index in [1.807, 2.05) is 29.0 Å². The number of likely N-dealkylation sites (N-methyl/N-ethyl adjacent to an activating group) is 1. The van der Waals surface area contributed by atoms with Crippen molar-refractivity contribution in [1.82, 2.24) is 19.7 Å². The molecule has 0 bridgehead atoms. The predicted molar refractivity (Wildman–Crippen MR) is 84.7 cm³/mol. The number of rotatable bonds is 7. The molecule has 0 aromatic carbocycles. The summed E-state index contributed by atoms with van der Waals surface area (Å²) in [4.78, 5) is 14.8. The summed E-state index contributed by atoms with van der Waals surface area (Å²) >= 11 is 6.81. The van der Waals surface area contributed by atoms with Crippen LogP contribution in [0, 0.1) is 4.77 Å². The Morgan fingerprint density at radius 1 is 1.62 bits per heavy atom. The SMILES string of the molecule is CCN(CCO)C(=O)CCn1c(-c2cccs2)n[nH]c1=S. The fourth-order valence-electron chi connectivity index (χ4n) is 2.06. The third kappa shape index (κ3) is 3.78. The normalized spacial score (nSPS) is 10.8. The average Bonchev–Trinajstić information content (AvgIpc) is 3.11. The van der Waals surface area contributed by atoms with Crippen molar-refractivity contribution in [2.45, 2.75) is 19.9 Å². The molecule has 0 radical (unpaired) electrons. The van der Waals surface area contributed by atoms with E-state index in [9.17, 15) is 4.79 Å². The highest BCUT2D eigenvalue weighted by molar-refractivity contribution is 7.71. The first-order valence-electron chi connectivity index (χ1n) is 6.75. The van der Waals surface area contributed by atoms with Gasteiger partial charge in [-0.1, -0.05) is 6.07 Å². The highest BCUT2D eigenvalue weighted by atomic mass is 32.1. The molecule has 0 aliphatic rings. The Hall–Kier alpha value is -1.51. The molecule has 2 aromatic heterocycles. The summed E-state index contributed by atoms with van der Waals surface area (Å²) in [6.07, 6.45) is 0.333. The molecule has 2 N–H and O–H groups in total. The lowest BCUT2D eigenvalue weighted by Gasteiger charge is -2.19. The van der Waals surface area contributed by atoms with Crippen molar-refractivity contribution >= 4 is 29.5 Å².